The smallest absolute Gasteiger partial charge is 0.146 e. The third-order valence-corrected chi connectivity index (χ3v) is 3.23. The maximum absolute atomic E-state index is 13.9. The highest BCUT2D eigenvalue weighted by Crippen LogP contribution is 2.31. The Morgan fingerprint density at radius 2 is 2.18 bits per heavy atom. The molecule has 0 unspecified atom stereocenters. The van der Waals surface area contributed by atoms with E-state index in [1.165, 1.54) is 12.8 Å². The van der Waals surface area contributed by atoms with Crippen molar-refractivity contribution in [1.82, 2.24) is 5.32 Å². The summed E-state index contributed by atoms with van der Waals surface area (Å²) < 4.78 is 13.9. The molecule has 0 bridgehead atoms. The first kappa shape index (κ1) is 12.4. The average Bonchev–Trinajstić information content (AvgIpc) is 3.10. The van der Waals surface area contributed by atoms with Crippen molar-refractivity contribution in [3.05, 3.63) is 29.6 Å². The molecule has 1 saturated carbocycles. The van der Waals surface area contributed by atoms with Crippen LogP contribution in [0.1, 0.15) is 25.3 Å². The van der Waals surface area contributed by atoms with Crippen molar-refractivity contribution in [3.8, 4) is 0 Å². The lowest BCUT2D eigenvalue weighted by Gasteiger charge is -2.20. The fourth-order valence-electron chi connectivity index (χ4n) is 2.03. The Labute approximate surface area is 103 Å². The molecule has 1 N–H and O–H groups in total. The van der Waals surface area contributed by atoms with Crippen LogP contribution in [0.3, 0.4) is 0 Å². The summed E-state index contributed by atoms with van der Waals surface area (Å²) in [5, 5.41) is 3.20. The second kappa shape index (κ2) is 5.50. The molecule has 17 heavy (non-hydrogen) atoms. The number of nitrogens with one attached hydrogen (secondary N) is 1. The summed E-state index contributed by atoms with van der Waals surface area (Å²) in [5.74, 6) is 0.671. The van der Waals surface area contributed by atoms with E-state index < -0.39 is 0 Å². The zero-order valence-electron chi connectivity index (χ0n) is 10.7. The molecule has 2 rings (SSSR count). The highest BCUT2D eigenvalue weighted by Gasteiger charge is 2.23. The lowest BCUT2D eigenvalue weighted by molar-refractivity contribution is 0.614. The van der Waals surface area contributed by atoms with Gasteiger partial charge >= 0.3 is 0 Å². The van der Waals surface area contributed by atoms with Gasteiger partial charge in [0.1, 0.15) is 5.82 Å². The van der Waals surface area contributed by atoms with Crippen LogP contribution < -0.4 is 10.2 Å². The van der Waals surface area contributed by atoms with Gasteiger partial charge in [0.2, 0.25) is 0 Å². The van der Waals surface area contributed by atoms with Gasteiger partial charge in [-0.25, -0.2) is 4.39 Å². The van der Waals surface area contributed by atoms with Crippen molar-refractivity contribution < 1.29 is 4.39 Å². The molecular weight excluding hydrogens is 215 g/mol. The molecule has 0 saturated heterocycles. The maximum Gasteiger partial charge on any atom is 0.146 e. The molecule has 0 aliphatic heterocycles. The molecule has 0 atom stereocenters. The number of rotatable bonds is 6. The summed E-state index contributed by atoms with van der Waals surface area (Å²) in [7, 11) is 1.97. The highest BCUT2D eigenvalue weighted by atomic mass is 19.1. The van der Waals surface area contributed by atoms with Gasteiger partial charge in [-0.15, -0.1) is 0 Å². The van der Waals surface area contributed by atoms with Crippen LogP contribution in [0.15, 0.2) is 18.2 Å². The van der Waals surface area contributed by atoms with Crippen LogP contribution in [0.25, 0.3) is 0 Å². The van der Waals surface area contributed by atoms with Crippen LogP contribution in [-0.4, -0.2) is 20.1 Å². The second-order valence-electron chi connectivity index (χ2n) is 4.89. The molecule has 1 fully saturated rings. The van der Waals surface area contributed by atoms with Crippen LogP contribution in [0, 0.1) is 11.7 Å². The predicted octanol–water partition coefficient (Wildman–Crippen LogP) is 2.78. The minimum Gasteiger partial charge on any atom is -0.372 e. The molecule has 1 aliphatic carbocycles. The minimum absolute atomic E-state index is 0.108. The zero-order chi connectivity index (χ0) is 12.3. The van der Waals surface area contributed by atoms with Crippen LogP contribution in [-0.2, 0) is 6.54 Å². The molecular formula is C14H21FN2. The minimum atomic E-state index is -0.108. The lowest BCUT2D eigenvalue weighted by Crippen LogP contribution is -2.21. The van der Waals surface area contributed by atoms with E-state index in [1.807, 2.05) is 31.0 Å². The Balaban J connectivity index is 2.01. The van der Waals surface area contributed by atoms with Gasteiger partial charge in [-0.1, -0.05) is 13.0 Å². The number of benzene rings is 1. The number of hydrogen-bond acceptors (Lipinski definition) is 2. The van der Waals surface area contributed by atoms with Crippen molar-refractivity contribution >= 4 is 5.69 Å². The standard InChI is InChI=1S/C14H21FN2/c1-3-16-9-12-6-7-14(13(15)8-12)17(2)10-11-4-5-11/h6-8,11,16H,3-5,9-10H2,1-2H3. The van der Waals surface area contributed by atoms with Crippen molar-refractivity contribution in [2.45, 2.75) is 26.3 Å². The number of anilines is 1. The highest BCUT2D eigenvalue weighted by molar-refractivity contribution is 5.48. The third kappa shape index (κ3) is 3.43. The Morgan fingerprint density at radius 3 is 2.76 bits per heavy atom. The molecule has 0 aromatic heterocycles. The van der Waals surface area contributed by atoms with Gasteiger partial charge < -0.3 is 10.2 Å². The molecule has 1 aromatic carbocycles. The summed E-state index contributed by atoms with van der Waals surface area (Å²) in [6.07, 6.45) is 2.59. The molecule has 1 aliphatic rings. The van der Waals surface area contributed by atoms with Crippen molar-refractivity contribution in [2.75, 3.05) is 25.0 Å². The molecule has 0 amide bonds. The van der Waals surface area contributed by atoms with Gasteiger partial charge in [-0.05, 0) is 43.0 Å². The summed E-state index contributed by atoms with van der Waals surface area (Å²) in [5.41, 5.74) is 1.73. The van der Waals surface area contributed by atoms with Gasteiger partial charge in [0, 0.05) is 20.1 Å². The third-order valence-electron chi connectivity index (χ3n) is 3.23. The van der Waals surface area contributed by atoms with Gasteiger partial charge in [-0.2, -0.15) is 0 Å². The van der Waals surface area contributed by atoms with E-state index in [4.69, 9.17) is 0 Å². The fourth-order valence-corrected chi connectivity index (χ4v) is 2.03. The Bertz CT molecular complexity index is 374. The summed E-state index contributed by atoms with van der Waals surface area (Å²) in [4.78, 5) is 2.03. The molecule has 1 aromatic rings. The molecule has 0 spiro atoms. The van der Waals surface area contributed by atoms with Crippen LogP contribution in [0.5, 0.6) is 0 Å². The van der Waals surface area contributed by atoms with E-state index in [1.54, 1.807) is 6.07 Å². The first-order valence-corrected chi connectivity index (χ1v) is 6.41. The predicted molar refractivity (Wildman–Crippen MR) is 69.8 cm³/mol. The van der Waals surface area contributed by atoms with Crippen molar-refractivity contribution in [3.63, 3.8) is 0 Å². The van der Waals surface area contributed by atoms with E-state index in [0.29, 0.717) is 0 Å². The van der Waals surface area contributed by atoms with E-state index in [2.05, 4.69) is 5.32 Å². The Hall–Kier alpha value is -1.09. The SMILES string of the molecule is CCNCc1ccc(N(C)CC2CC2)c(F)c1. The summed E-state index contributed by atoms with van der Waals surface area (Å²) in [6.45, 7) is 4.67. The van der Waals surface area contributed by atoms with Gasteiger partial charge in [0.05, 0.1) is 5.69 Å². The maximum atomic E-state index is 13.9. The number of hydrogen-bond donors (Lipinski definition) is 1. The Kier molecular flexibility index (Phi) is 4.00. The van der Waals surface area contributed by atoms with Crippen LogP contribution >= 0.6 is 0 Å². The molecule has 0 radical (unpaired) electrons. The van der Waals surface area contributed by atoms with Crippen LogP contribution in [0.4, 0.5) is 10.1 Å². The topological polar surface area (TPSA) is 15.3 Å². The number of halogens is 1. The van der Waals surface area contributed by atoms with Gasteiger partial charge in [-0.3, -0.25) is 0 Å². The number of nitrogens with zero attached hydrogens (tertiary/aromatic N) is 1. The van der Waals surface area contributed by atoms with Gasteiger partial charge in [0.15, 0.2) is 0 Å². The quantitative estimate of drug-likeness (QED) is 0.817. The molecule has 0 heterocycles. The van der Waals surface area contributed by atoms with Crippen molar-refractivity contribution in [2.24, 2.45) is 5.92 Å². The van der Waals surface area contributed by atoms with Crippen LogP contribution in [0.2, 0.25) is 0 Å². The van der Waals surface area contributed by atoms with Gasteiger partial charge in [0.25, 0.3) is 0 Å². The largest absolute Gasteiger partial charge is 0.372 e. The summed E-state index contributed by atoms with van der Waals surface area (Å²) >= 11 is 0. The second-order valence-corrected chi connectivity index (χ2v) is 4.89. The van der Waals surface area contributed by atoms with E-state index in [9.17, 15) is 4.39 Å². The van der Waals surface area contributed by atoms with E-state index in [-0.39, 0.29) is 5.82 Å². The molecule has 2 nitrogen and oxygen atoms in total. The average molecular weight is 236 g/mol. The Morgan fingerprint density at radius 1 is 1.41 bits per heavy atom. The van der Waals surface area contributed by atoms with Crippen molar-refractivity contribution in [1.29, 1.82) is 0 Å². The first-order valence-electron chi connectivity index (χ1n) is 6.41. The van der Waals surface area contributed by atoms with E-state index >= 15 is 0 Å². The molecule has 94 valence electrons. The summed E-state index contributed by atoms with van der Waals surface area (Å²) in [6, 6.07) is 5.54. The monoisotopic (exact) mass is 236 g/mol. The first-order chi connectivity index (χ1) is 8.20. The lowest BCUT2D eigenvalue weighted by atomic mass is 10.1. The normalized spacial score (nSPS) is 15.0. The zero-order valence-corrected chi connectivity index (χ0v) is 10.7. The van der Waals surface area contributed by atoms with E-state index in [0.717, 1.165) is 36.8 Å². The fraction of sp³-hybridized carbons (Fsp3) is 0.571. The molecule has 3 heteroatoms.